The number of hydrogen-bond donors (Lipinski definition) is 3. The summed E-state index contributed by atoms with van der Waals surface area (Å²) in [5, 5.41) is 14.0. The molecule has 0 rings (SSSR count). The summed E-state index contributed by atoms with van der Waals surface area (Å²) in [4.78, 5) is 23.4. The van der Waals surface area contributed by atoms with E-state index < -0.39 is 20.0 Å². The van der Waals surface area contributed by atoms with Gasteiger partial charge in [-0.1, -0.05) is 331 Å². The molecule has 0 radical (unpaired) electrons. The number of likely N-dealkylation sites (N-methyl/N-ethyl adjacent to an activating group) is 1. The standard InChI is InChI=1S/C75H141N2O6P/c1-6-8-10-12-14-16-18-20-22-24-26-28-30-32-33-34-35-36-37-38-39-40-41-42-43-45-47-49-51-53-55-57-59-61-63-65-67-69-75(79)76-73(72-83-84(80,81)82-71-70-77(3,4)5)74(78)68-66-64-62-60-58-56-54-52-50-48-46-44-31-29-27-25-23-21-19-17-15-13-11-9-7-2/h18,20,24,26,30,32,50,52,58,60,66,68,73-74,78H,6-17,19,21-23,25,27-29,31,33-49,51,53-57,59,61-65,67,69-72H2,1-5H3,(H-,76,79,80,81)/p+1/b20-18-,26-24-,32-30-,52-50+,60-58+,68-66+. The summed E-state index contributed by atoms with van der Waals surface area (Å²) < 4.78 is 23.8. The lowest BCUT2D eigenvalue weighted by molar-refractivity contribution is -0.870. The molecule has 0 aliphatic carbocycles. The molecule has 0 aromatic heterocycles. The molecule has 0 heterocycles. The average Bonchev–Trinajstić information content (AvgIpc) is 3.56. The second-order valence-electron chi connectivity index (χ2n) is 25.9. The molecule has 0 aromatic carbocycles. The molecule has 492 valence electrons. The molecule has 0 bridgehead atoms. The Morgan fingerprint density at radius 2 is 0.690 bits per heavy atom. The van der Waals surface area contributed by atoms with E-state index in [1.54, 1.807) is 6.08 Å². The van der Waals surface area contributed by atoms with Crippen LogP contribution in [0.2, 0.25) is 0 Å². The van der Waals surface area contributed by atoms with Gasteiger partial charge in [-0.3, -0.25) is 13.8 Å². The van der Waals surface area contributed by atoms with Crippen LogP contribution in [0, 0.1) is 0 Å². The number of aliphatic hydroxyl groups excluding tert-OH is 1. The van der Waals surface area contributed by atoms with Crippen molar-refractivity contribution in [3.63, 3.8) is 0 Å². The zero-order valence-corrected chi connectivity index (χ0v) is 57.3. The van der Waals surface area contributed by atoms with E-state index in [2.05, 4.69) is 79.9 Å². The third-order valence-corrected chi connectivity index (χ3v) is 17.4. The monoisotopic (exact) mass is 1200 g/mol. The maximum atomic E-state index is 13.1. The van der Waals surface area contributed by atoms with Crippen LogP contribution in [0.3, 0.4) is 0 Å². The fourth-order valence-corrected chi connectivity index (χ4v) is 11.5. The number of hydrogen-bond acceptors (Lipinski definition) is 5. The maximum absolute atomic E-state index is 13.1. The molecule has 9 heteroatoms. The predicted molar refractivity (Wildman–Crippen MR) is 369 cm³/mol. The Hall–Kier alpha value is -2.06. The summed E-state index contributed by atoms with van der Waals surface area (Å²) in [5.74, 6) is -0.186. The van der Waals surface area contributed by atoms with Crippen molar-refractivity contribution in [2.24, 2.45) is 0 Å². The molecule has 0 aliphatic rings. The first-order valence-corrected chi connectivity index (χ1v) is 37.8. The van der Waals surface area contributed by atoms with E-state index in [1.807, 2.05) is 27.2 Å². The van der Waals surface area contributed by atoms with Crippen molar-refractivity contribution in [2.75, 3.05) is 40.9 Å². The van der Waals surface area contributed by atoms with Crippen molar-refractivity contribution in [3.8, 4) is 0 Å². The summed E-state index contributed by atoms with van der Waals surface area (Å²) in [5.41, 5.74) is 0. The van der Waals surface area contributed by atoms with E-state index in [4.69, 9.17) is 9.05 Å². The molecule has 84 heavy (non-hydrogen) atoms. The molecule has 0 aromatic rings. The van der Waals surface area contributed by atoms with E-state index in [0.29, 0.717) is 17.4 Å². The van der Waals surface area contributed by atoms with Crippen LogP contribution < -0.4 is 5.32 Å². The molecule has 0 fully saturated rings. The summed E-state index contributed by atoms with van der Waals surface area (Å²) in [6.07, 6.45) is 92.1. The highest BCUT2D eigenvalue weighted by Gasteiger charge is 2.28. The first kappa shape index (κ1) is 81.9. The van der Waals surface area contributed by atoms with Crippen LogP contribution in [-0.2, 0) is 18.4 Å². The van der Waals surface area contributed by atoms with E-state index in [-0.39, 0.29) is 19.1 Å². The first-order chi connectivity index (χ1) is 41.0. The van der Waals surface area contributed by atoms with E-state index >= 15 is 0 Å². The van der Waals surface area contributed by atoms with Gasteiger partial charge in [0.05, 0.1) is 39.9 Å². The van der Waals surface area contributed by atoms with Crippen LogP contribution in [0.5, 0.6) is 0 Å². The lowest BCUT2D eigenvalue weighted by atomic mass is 10.0. The van der Waals surface area contributed by atoms with Gasteiger partial charge in [0.1, 0.15) is 13.2 Å². The van der Waals surface area contributed by atoms with Gasteiger partial charge in [0.2, 0.25) is 5.91 Å². The fourth-order valence-electron chi connectivity index (χ4n) is 10.7. The molecule has 0 saturated heterocycles. The van der Waals surface area contributed by atoms with Gasteiger partial charge in [-0.05, 0) is 83.5 Å². The number of unbranched alkanes of at least 4 members (excludes halogenated alkanes) is 44. The van der Waals surface area contributed by atoms with Crippen molar-refractivity contribution in [3.05, 3.63) is 72.9 Å². The third kappa shape index (κ3) is 67.4. The minimum Gasteiger partial charge on any atom is -0.387 e. The quantitative estimate of drug-likeness (QED) is 0.0243. The minimum absolute atomic E-state index is 0.0532. The number of nitrogens with zero attached hydrogens (tertiary/aromatic N) is 1. The molecule has 3 unspecified atom stereocenters. The third-order valence-electron chi connectivity index (χ3n) is 16.4. The predicted octanol–water partition coefficient (Wildman–Crippen LogP) is 23.3. The Morgan fingerprint density at radius 1 is 0.405 bits per heavy atom. The number of amides is 1. The van der Waals surface area contributed by atoms with E-state index in [9.17, 15) is 19.4 Å². The van der Waals surface area contributed by atoms with Gasteiger partial charge in [-0.2, -0.15) is 0 Å². The van der Waals surface area contributed by atoms with Crippen LogP contribution >= 0.6 is 7.82 Å². The highest BCUT2D eigenvalue weighted by molar-refractivity contribution is 7.47. The van der Waals surface area contributed by atoms with Gasteiger partial charge in [-0.15, -0.1) is 0 Å². The van der Waals surface area contributed by atoms with Crippen LogP contribution in [0.15, 0.2) is 72.9 Å². The largest absolute Gasteiger partial charge is 0.472 e. The zero-order chi connectivity index (χ0) is 61.2. The molecule has 0 spiro atoms. The minimum atomic E-state index is -4.37. The van der Waals surface area contributed by atoms with Crippen molar-refractivity contribution < 1.29 is 32.9 Å². The van der Waals surface area contributed by atoms with Gasteiger partial charge in [0, 0.05) is 6.42 Å². The Kier molecular flexibility index (Phi) is 63.8. The highest BCUT2D eigenvalue weighted by Crippen LogP contribution is 2.43. The summed E-state index contributed by atoms with van der Waals surface area (Å²) in [6, 6.07) is -0.873. The second kappa shape index (κ2) is 65.4. The number of rotatable bonds is 67. The van der Waals surface area contributed by atoms with Gasteiger partial charge in [-0.25, -0.2) is 4.57 Å². The number of phosphoric acid groups is 1. The number of quaternary nitrogens is 1. The SMILES string of the molecule is CCCCCCC/C=C\C/C=C\C/C=C\CCCCCCCCCCCCCCCCCCCCCCCCC(=O)NC(COP(=O)(O)OCC[N+](C)(C)C)C(O)/C=C/CC/C=C/CC/C=C/CCCCCCCCCCCCCCCCC. The summed E-state index contributed by atoms with van der Waals surface area (Å²) in [6.45, 7) is 4.82. The number of aliphatic hydroxyl groups is 1. The van der Waals surface area contributed by atoms with Crippen molar-refractivity contribution >= 4 is 13.7 Å². The molecular formula is C75H142N2O6P+. The lowest BCUT2D eigenvalue weighted by Gasteiger charge is -2.25. The van der Waals surface area contributed by atoms with Gasteiger partial charge in [0.15, 0.2) is 0 Å². The molecule has 3 N–H and O–H groups in total. The van der Waals surface area contributed by atoms with Gasteiger partial charge < -0.3 is 19.8 Å². The van der Waals surface area contributed by atoms with Crippen LogP contribution in [0.1, 0.15) is 348 Å². The van der Waals surface area contributed by atoms with Crippen molar-refractivity contribution in [1.29, 1.82) is 0 Å². The lowest BCUT2D eigenvalue weighted by Crippen LogP contribution is -2.45. The number of phosphoric ester groups is 1. The number of carbonyl (C=O) groups is 1. The number of allylic oxidation sites excluding steroid dienone is 11. The molecule has 8 nitrogen and oxygen atoms in total. The zero-order valence-electron chi connectivity index (χ0n) is 56.4. The molecular weight excluding hydrogens is 1060 g/mol. The van der Waals surface area contributed by atoms with Crippen molar-refractivity contribution in [1.82, 2.24) is 5.32 Å². The summed E-state index contributed by atoms with van der Waals surface area (Å²) >= 11 is 0. The van der Waals surface area contributed by atoms with E-state index in [1.165, 1.54) is 270 Å². The van der Waals surface area contributed by atoms with Crippen molar-refractivity contribution in [2.45, 2.75) is 360 Å². The Bertz CT molecular complexity index is 1600. The molecule has 0 aliphatic heterocycles. The van der Waals surface area contributed by atoms with Crippen LogP contribution in [0.4, 0.5) is 0 Å². The molecule has 3 atom stereocenters. The Labute approximate surface area is 523 Å². The Balaban J connectivity index is 4.05. The van der Waals surface area contributed by atoms with E-state index in [0.717, 1.165) is 57.8 Å². The molecule has 0 saturated carbocycles. The second-order valence-corrected chi connectivity index (χ2v) is 27.4. The fraction of sp³-hybridized carbons (Fsp3) is 0.827. The molecule has 1 amide bonds. The van der Waals surface area contributed by atoms with Gasteiger partial charge in [0.25, 0.3) is 0 Å². The number of nitrogens with one attached hydrogen (secondary N) is 1. The average molecular weight is 1200 g/mol. The smallest absolute Gasteiger partial charge is 0.387 e. The highest BCUT2D eigenvalue weighted by atomic mass is 31.2. The normalized spacial score (nSPS) is 14.0. The number of carbonyl (C=O) groups excluding carboxylic acids is 1. The Morgan fingerprint density at radius 3 is 1.04 bits per heavy atom. The summed E-state index contributed by atoms with van der Waals surface area (Å²) in [7, 11) is 1.56. The maximum Gasteiger partial charge on any atom is 0.472 e. The van der Waals surface area contributed by atoms with Crippen LogP contribution in [0.25, 0.3) is 0 Å². The van der Waals surface area contributed by atoms with Crippen LogP contribution in [-0.4, -0.2) is 73.4 Å². The van der Waals surface area contributed by atoms with Gasteiger partial charge >= 0.3 is 7.82 Å². The first-order valence-electron chi connectivity index (χ1n) is 36.3. The topological polar surface area (TPSA) is 105 Å².